The third-order valence-electron chi connectivity index (χ3n) is 6.47. The fourth-order valence-corrected chi connectivity index (χ4v) is 5.19. The van der Waals surface area contributed by atoms with E-state index in [1.807, 2.05) is 63.2 Å². The summed E-state index contributed by atoms with van der Waals surface area (Å²) in [5, 5.41) is 11.8. The number of nitrogens with zero attached hydrogens (tertiary/aromatic N) is 3. The quantitative estimate of drug-likeness (QED) is 0.175. The molecule has 2 N–H and O–H groups in total. The van der Waals surface area contributed by atoms with Crippen molar-refractivity contribution >= 4 is 29.3 Å². The molecule has 9 heteroatoms. The van der Waals surface area contributed by atoms with Crippen molar-refractivity contribution in [3.05, 3.63) is 64.9 Å². The van der Waals surface area contributed by atoms with Crippen LogP contribution in [0.4, 0.5) is 11.6 Å². The number of aromatic nitrogens is 3. The van der Waals surface area contributed by atoms with Gasteiger partial charge in [-0.2, -0.15) is 4.98 Å². The fraction of sp³-hybridized carbons (Fsp3) is 0.433. The molecule has 1 aromatic heterocycles. The van der Waals surface area contributed by atoms with Crippen molar-refractivity contribution < 1.29 is 14.3 Å². The van der Waals surface area contributed by atoms with Gasteiger partial charge < -0.3 is 20.1 Å². The Kier molecular flexibility index (Phi) is 9.92. The number of aryl methyl sites for hydroxylation is 1. The lowest BCUT2D eigenvalue weighted by molar-refractivity contribution is -0.113. The van der Waals surface area contributed by atoms with Crippen molar-refractivity contribution in [2.45, 2.75) is 71.5 Å². The number of rotatable bonds is 13. The van der Waals surface area contributed by atoms with Gasteiger partial charge in [0.1, 0.15) is 6.04 Å². The highest BCUT2D eigenvalue weighted by molar-refractivity contribution is 7.99. The molecule has 1 aliphatic heterocycles. The molecule has 2 heterocycles. The van der Waals surface area contributed by atoms with Crippen LogP contribution in [0.3, 0.4) is 0 Å². The second-order valence-corrected chi connectivity index (χ2v) is 10.8. The Bertz CT molecular complexity index is 1320. The Morgan fingerprint density at radius 2 is 1.90 bits per heavy atom. The maximum absolute atomic E-state index is 13.8. The summed E-state index contributed by atoms with van der Waals surface area (Å²) in [4.78, 5) is 18.5. The largest absolute Gasteiger partial charge is 0.490 e. The number of hydrogen-bond donors (Lipinski definition) is 2. The van der Waals surface area contributed by atoms with E-state index in [9.17, 15) is 4.79 Å². The molecule has 0 radical (unpaired) electrons. The van der Waals surface area contributed by atoms with Crippen molar-refractivity contribution in [1.82, 2.24) is 14.8 Å². The van der Waals surface area contributed by atoms with Gasteiger partial charge in [-0.1, -0.05) is 63.1 Å². The molecule has 0 saturated heterocycles. The van der Waals surface area contributed by atoms with Gasteiger partial charge in [-0.05, 0) is 68.3 Å². The highest BCUT2D eigenvalue weighted by atomic mass is 32.2. The van der Waals surface area contributed by atoms with Crippen LogP contribution in [0, 0.1) is 6.92 Å². The van der Waals surface area contributed by atoms with Crippen LogP contribution < -0.4 is 20.1 Å². The summed E-state index contributed by atoms with van der Waals surface area (Å²) < 4.78 is 13.9. The first-order chi connectivity index (χ1) is 18.9. The molecule has 0 aliphatic carbocycles. The van der Waals surface area contributed by atoms with Crippen molar-refractivity contribution in [2.24, 2.45) is 0 Å². The number of thioether (sulfide) groups is 1. The minimum absolute atomic E-state index is 0.198. The molecule has 2 aromatic carbocycles. The molecule has 0 bridgehead atoms. The first kappa shape index (κ1) is 28.5. The average molecular weight is 550 g/mol. The summed E-state index contributed by atoms with van der Waals surface area (Å²) in [6, 6.07) is 13.2. The number of nitrogens with one attached hydrogen (secondary N) is 2. The first-order valence-corrected chi connectivity index (χ1v) is 14.8. The standard InChI is InChI=1S/C30H39N5O3S/c1-6-9-10-11-17-38-24-16-15-22(19-25(24)37-7-2)27-26(28(36)32-23-14-12-13-20(4)18-23)21(5)31-29-33-30(39-8-3)34-35(27)29/h12-16,18-19,27H,6-11,17H2,1-5H3,(H,32,36)(H,31,33,34). The van der Waals surface area contributed by atoms with Crippen LogP contribution in [0.25, 0.3) is 0 Å². The summed E-state index contributed by atoms with van der Waals surface area (Å²) in [7, 11) is 0. The molecular weight excluding hydrogens is 510 g/mol. The van der Waals surface area contributed by atoms with Crippen LogP contribution in [-0.2, 0) is 4.79 Å². The second-order valence-electron chi connectivity index (χ2n) is 9.53. The predicted octanol–water partition coefficient (Wildman–Crippen LogP) is 6.98. The summed E-state index contributed by atoms with van der Waals surface area (Å²) in [5.74, 6) is 2.62. The van der Waals surface area contributed by atoms with Crippen molar-refractivity contribution in [3.63, 3.8) is 0 Å². The third kappa shape index (κ3) is 6.95. The van der Waals surface area contributed by atoms with Crippen LogP contribution in [-0.4, -0.2) is 39.6 Å². The average Bonchev–Trinajstić information content (AvgIpc) is 3.30. The molecule has 1 aliphatic rings. The summed E-state index contributed by atoms with van der Waals surface area (Å²) in [6.45, 7) is 11.3. The molecule has 0 saturated carbocycles. The molecule has 0 fully saturated rings. The second kappa shape index (κ2) is 13.6. The van der Waals surface area contributed by atoms with E-state index in [4.69, 9.17) is 14.6 Å². The van der Waals surface area contributed by atoms with Crippen molar-refractivity contribution in [1.29, 1.82) is 0 Å². The molecule has 39 heavy (non-hydrogen) atoms. The topological polar surface area (TPSA) is 90.3 Å². The van der Waals surface area contributed by atoms with Gasteiger partial charge in [0.05, 0.1) is 18.8 Å². The molecule has 1 atom stereocenters. The van der Waals surface area contributed by atoms with E-state index < -0.39 is 6.04 Å². The molecule has 8 nitrogen and oxygen atoms in total. The number of fused-ring (bicyclic) bond motifs is 1. The van der Waals surface area contributed by atoms with Gasteiger partial charge in [0.2, 0.25) is 11.1 Å². The maximum atomic E-state index is 13.8. The molecule has 4 rings (SSSR count). The van der Waals surface area contributed by atoms with Crippen molar-refractivity contribution in [3.8, 4) is 11.5 Å². The zero-order chi connectivity index (χ0) is 27.8. The lowest BCUT2D eigenvalue weighted by atomic mass is 9.94. The van der Waals surface area contributed by atoms with Gasteiger partial charge in [0.25, 0.3) is 5.91 Å². The Morgan fingerprint density at radius 1 is 1.05 bits per heavy atom. The minimum atomic E-state index is -0.498. The number of anilines is 2. The van der Waals surface area contributed by atoms with Gasteiger partial charge >= 0.3 is 0 Å². The summed E-state index contributed by atoms with van der Waals surface area (Å²) in [5.41, 5.74) is 3.98. The number of carbonyl (C=O) groups excluding carboxylic acids is 1. The zero-order valence-corrected chi connectivity index (χ0v) is 24.4. The van der Waals surface area contributed by atoms with Crippen LogP contribution in [0.15, 0.2) is 58.9 Å². The van der Waals surface area contributed by atoms with Gasteiger partial charge in [-0.25, -0.2) is 4.68 Å². The third-order valence-corrected chi connectivity index (χ3v) is 7.19. The SMILES string of the molecule is CCCCCCOc1ccc(C2C(C(=O)Nc3cccc(C)c3)=C(C)Nc3nc(SCC)nn32)cc1OCC. The molecule has 3 aromatic rings. The highest BCUT2D eigenvalue weighted by Crippen LogP contribution is 2.40. The Hall–Kier alpha value is -3.46. The van der Waals surface area contributed by atoms with Gasteiger partial charge in [0, 0.05) is 11.4 Å². The first-order valence-electron chi connectivity index (χ1n) is 13.8. The smallest absolute Gasteiger partial charge is 0.255 e. The molecule has 1 unspecified atom stereocenters. The summed E-state index contributed by atoms with van der Waals surface area (Å²) in [6.07, 6.45) is 4.53. The normalized spacial score (nSPS) is 14.5. The lowest BCUT2D eigenvalue weighted by Gasteiger charge is -2.29. The molecule has 208 valence electrons. The van der Waals surface area contributed by atoms with Crippen LogP contribution >= 0.6 is 11.8 Å². The van der Waals surface area contributed by atoms with E-state index >= 15 is 0 Å². The van der Waals surface area contributed by atoms with Crippen LogP contribution in [0.2, 0.25) is 0 Å². The Labute approximate surface area is 235 Å². The number of carbonyl (C=O) groups is 1. The fourth-order valence-electron chi connectivity index (χ4n) is 4.64. The van der Waals surface area contributed by atoms with Crippen molar-refractivity contribution in [2.75, 3.05) is 29.6 Å². The number of amides is 1. The zero-order valence-electron chi connectivity index (χ0n) is 23.5. The Morgan fingerprint density at radius 3 is 2.64 bits per heavy atom. The van der Waals surface area contributed by atoms with E-state index in [2.05, 4.69) is 29.5 Å². The van der Waals surface area contributed by atoms with Gasteiger partial charge in [0.15, 0.2) is 11.5 Å². The molecule has 0 spiro atoms. The predicted molar refractivity (Wildman–Crippen MR) is 158 cm³/mol. The number of hydrogen-bond acceptors (Lipinski definition) is 7. The van der Waals surface area contributed by atoms with Crippen LogP contribution in [0.5, 0.6) is 11.5 Å². The van der Waals surface area contributed by atoms with E-state index in [0.29, 0.717) is 41.4 Å². The van der Waals surface area contributed by atoms with Crippen LogP contribution in [0.1, 0.15) is 70.5 Å². The maximum Gasteiger partial charge on any atom is 0.255 e. The summed E-state index contributed by atoms with van der Waals surface area (Å²) >= 11 is 1.56. The number of benzene rings is 2. The Balaban J connectivity index is 1.71. The van der Waals surface area contributed by atoms with E-state index in [1.165, 1.54) is 12.8 Å². The number of ether oxygens (including phenoxy) is 2. The number of allylic oxidation sites excluding steroid dienone is 1. The number of unbranched alkanes of at least 4 members (excludes halogenated alkanes) is 3. The van der Waals surface area contributed by atoms with E-state index in [0.717, 1.165) is 41.1 Å². The van der Waals surface area contributed by atoms with E-state index in [-0.39, 0.29) is 5.91 Å². The van der Waals surface area contributed by atoms with E-state index in [1.54, 1.807) is 16.4 Å². The monoisotopic (exact) mass is 549 g/mol. The lowest BCUT2D eigenvalue weighted by Crippen LogP contribution is -2.31. The molecule has 1 amide bonds. The van der Waals surface area contributed by atoms with Gasteiger partial charge in [-0.15, -0.1) is 5.10 Å². The van der Waals surface area contributed by atoms with Gasteiger partial charge in [-0.3, -0.25) is 4.79 Å². The minimum Gasteiger partial charge on any atom is -0.490 e. The highest BCUT2D eigenvalue weighted by Gasteiger charge is 2.35. The molecular formula is C30H39N5O3S.